The molecule has 0 aliphatic heterocycles. The molecule has 3 aromatic rings. The fraction of sp³-hybridized carbons (Fsp3) is 0.286. The molecule has 0 radical (unpaired) electrons. The van der Waals surface area contributed by atoms with Crippen molar-refractivity contribution in [2.45, 2.75) is 36.8 Å². The van der Waals surface area contributed by atoms with Gasteiger partial charge in [0.1, 0.15) is 29.2 Å². The van der Waals surface area contributed by atoms with Crippen molar-refractivity contribution in [2.24, 2.45) is 5.92 Å². The maximum atomic E-state index is 13.7. The molecule has 1 amide bonds. The highest BCUT2D eigenvalue weighted by molar-refractivity contribution is 8.00. The number of carbonyl (C=O) groups is 2. The molecular formula is C21H19F2N3O5S2. The predicted molar refractivity (Wildman–Crippen MR) is 118 cm³/mol. The molecule has 2 heterocycles. The van der Waals surface area contributed by atoms with Crippen molar-refractivity contribution in [1.82, 2.24) is 10.2 Å². The van der Waals surface area contributed by atoms with Crippen LogP contribution in [0.2, 0.25) is 0 Å². The number of anilines is 1. The number of ether oxygens (including phenoxy) is 1. The Bertz CT molecular complexity index is 1190. The molecule has 0 saturated heterocycles. The Morgan fingerprint density at radius 1 is 1.21 bits per heavy atom. The van der Waals surface area contributed by atoms with E-state index in [-0.39, 0.29) is 23.3 Å². The molecule has 0 fully saturated rings. The van der Waals surface area contributed by atoms with Crippen molar-refractivity contribution in [1.29, 1.82) is 0 Å². The van der Waals surface area contributed by atoms with E-state index < -0.39 is 34.3 Å². The lowest BCUT2D eigenvalue weighted by Crippen LogP contribution is -2.21. The van der Waals surface area contributed by atoms with Gasteiger partial charge in [-0.05, 0) is 25.0 Å². The second-order valence-electron chi connectivity index (χ2n) is 6.73. The Hall–Kier alpha value is -3.12. The van der Waals surface area contributed by atoms with Crippen LogP contribution in [0.1, 0.15) is 42.8 Å². The molecule has 0 atom stereocenters. The van der Waals surface area contributed by atoms with Crippen molar-refractivity contribution in [3.05, 3.63) is 63.7 Å². The van der Waals surface area contributed by atoms with E-state index in [2.05, 4.69) is 15.5 Å². The smallest absolute Gasteiger partial charge is 0.349 e. The molecule has 0 aliphatic carbocycles. The highest BCUT2D eigenvalue weighted by Gasteiger charge is 2.21. The second-order valence-corrected chi connectivity index (χ2v) is 8.93. The summed E-state index contributed by atoms with van der Waals surface area (Å²) in [7, 11) is 0. The number of hydrogen-bond donors (Lipinski definition) is 1. The summed E-state index contributed by atoms with van der Waals surface area (Å²) in [6.45, 7) is 3.88. The largest absolute Gasteiger partial charge is 0.464 e. The van der Waals surface area contributed by atoms with Crippen LogP contribution in [-0.2, 0) is 10.5 Å². The molecule has 0 unspecified atom stereocenters. The van der Waals surface area contributed by atoms with Crippen LogP contribution >= 0.6 is 23.1 Å². The van der Waals surface area contributed by atoms with Crippen molar-refractivity contribution < 1.29 is 27.5 Å². The molecule has 174 valence electrons. The first-order valence-corrected chi connectivity index (χ1v) is 11.7. The number of thioether (sulfide) groups is 1. The van der Waals surface area contributed by atoms with Gasteiger partial charge in [0.25, 0.3) is 0 Å². The summed E-state index contributed by atoms with van der Waals surface area (Å²) in [6.07, 6.45) is 2.35. The predicted octanol–water partition coefficient (Wildman–Crippen LogP) is 4.66. The summed E-state index contributed by atoms with van der Waals surface area (Å²) in [4.78, 5) is 36.4. The van der Waals surface area contributed by atoms with E-state index in [4.69, 9.17) is 9.15 Å². The van der Waals surface area contributed by atoms with Crippen molar-refractivity contribution in [3.8, 4) is 5.75 Å². The Balaban J connectivity index is 1.60. The van der Waals surface area contributed by atoms with Gasteiger partial charge in [-0.15, -0.1) is 10.2 Å². The van der Waals surface area contributed by atoms with E-state index in [0.717, 1.165) is 43.4 Å². The van der Waals surface area contributed by atoms with Crippen LogP contribution in [0, 0.1) is 17.6 Å². The van der Waals surface area contributed by atoms with Gasteiger partial charge in [-0.2, -0.15) is 0 Å². The number of aromatic nitrogens is 2. The van der Waals surface area contributed by atoms with Gasteiger partial charge in [0.15, 0.2) is 4.34 Å². The molecule has 0 aliphatic rings. The number of rotatable bonds is 9. The lowest BCUT2D eigenvalue weighted by atomic mass is 10.0. The second kappa shape index (κ2) is 11.1. The number of amides is 1. The molecule has 2 aromatic heterocycles. The minimum absolute atomic E-state index is 0.0956. The first-order valence-electron chi connectivity index (χ1n) is 9.87. The summed E-state index contributed by atoms with van der Waals surface area (Å²) in [5.41, 5.74) is -1.60. The molecule has 1 aromatic carbocycles. The maximum absolute atomic E-state index is 13.7. The van der Waals surface area contributed by atoms with Crippen molar-refractivity contribution >= 4 is 40.1 Å². The molecule has 1 N–H and O–H groups in total. The number of esters is 1. The average Bonchev–Trinajstić information content (AvgIpc) is 3.22. The minimum Gasteiger partial charge on any atom is -0.464 e. The van der Waals surface area contributed by atoms with E-state index >= 15 is 0 Å². The zero-order valence-electron chi connectivity index (χ0n) is 17.6. The molecule has 0 saturated carbocycles. The average molecular weight is 496 g/mol. The van der Waals surface area contributed by atoms with Gasteiger partial charge >= 0.3 is 5.97 Å². The fourth-order valence-corrected chi connectivity index (χ4v) is 4.40. The third-order valence-corrected chi connectivity index (χ3v) is 6.55. The number of benzene rings is 1. The van der Waals surface area contributed by atoms with Crippen LogP contribution in [0.5, 0.6) is 5.75 Å². The van der Waals surface area contributed by atoms with Gasteiger partial charge in [0, 0.05) is 12.0 Å². The van der Waals surface area contributed by atoms with Crippen LogP contribution in [0.25, 0.3) is 0 Å². The van der Waals surface area contributed by atoms with Crippen molar-refractivity contribution in [2.75, 3.05) is 5.32 Å². The molecule has 8 nitrogen and oxygen atoms in total. The monoisotopic (exact) mass is 495 g/mol. The summed E-state index contributed by atoms with van der Waals surface area (Å²) >= 11 is 2.41. The van der Waals surface area contributed by atoms with E-state index in [1.807, 2.05) is 13.8 Å². The van der Waals surface area contributed by atoms with Gasteiger partial charge in [0.05, 0.1) is 5.75 Å². The van der Waals surface area contributed by atoms with Gasteiger partial charge in [0.2, 0.25) is 22.2 Å². The summed E-state index contributed by atoms with van der Waals surface area (Å²) in [5, 5.41) is 11.0. The lowest BCUT2D eigenvalue weighted by Gasteiger charge is -2.09. The summed E-state index contributed by atoms with van der Waals surface area (Å²) in [5.74, 6) is -3.81. The minimum atomic E-state index is -1.35. The highest BCUT2D eigenvalue weighted by Crippen LogP contribution is 2.29. The lowest BCUT2D eigenvalue weighted by molar-refractivity contribution is -0.120. The standard InChI is InChI=1S/C21H19F2N3O5S2/c1-3-11(4-2)18(28)24-20-25-26-21(33-20)32-10-12-8-15(27)16(9-30-12)31-19(29)17-13(22)6-5-7-14(17)23/h5-9,11H,3-4,10H2,1-2H3,(H,24,25,28). The Labute approximate surface area is 195 Å². The van der Waals surface area contributed by atoms with E-state index in [0.29, 0.717) is 9.47 Å². The third-order valence-electron chi connectivity index (χ3n) is 4.55. The Morgan fingerprint density at radius 3 is 2.55 bits per heavy atom. The third kappa shape index (κ3) is 6.23. The van der Waals surface area contributed by atoms with Crippen LogP contribution in [0.3, 0.4) is 0 Å². The highest BCUT2D eigenvalue weighted by atomic mass is 32.2. The molecule has 33 heavy (non-hydrogen) atoms. The van der Waals surface area contributed by atoms with Gasteiger partial charge < -0.3 is 14.5 Å². The maximum Gasteiger partial charge on any atom is 0.349 e. The van der Waals surface area contributed by atoms with Gasteiger partial charge in [-0.25, -0.2) is 13.6 Å². The van der Waals surface area contributed by atoms with E-state index in [1.54, 1.807) is 0 Å². The first-order chi connectivity index (χ1) is 15.8. The van der Waals surface area contributed by atoms with Crippen molar-refractivity contribution in [3.63, 3.8) is 0 Å². The molecular weight excluding hydrogens is 476 g/mol. The van der Waals surface area contributed by atoms with Crippen LogP contribution < -0.4 is 15.5 Å². The first kappa shape index (κ1) is 24.5. The Morgan fingerprint density at radius 2 is 1.91 bits per heavy atom. The van der Waals surface area contributed by atoms with E-state index in [1.165, 1.54) is 23.1 Å². The molecule has 3 rings (SSSR count). The molecule has 0 bridgehead atoms. The fourth-order valence-electron chi connectivity index (χ4n) is 2.75. The normalized spacial score (nSPS) is 10.9. The number of nitrogens with zero attached hydrogens (tertiary/aromatic N) is 2. The molecule has 12 heteroatoms. The number of hydrogen-bond acceptors (Lipinski definition) is 9. The zero-order chi connectivity index (χ0) is 24.0. The Kier molecular flexibility index (Phi) is 8.28. The SMILES string of the molecule is CCC(CC)C(=O)Nc1nnc(SCc2cc(=O)c(OC(=O)c3c(F)cccc3F)co2)s1. The van der Waals surface area contributed by atoms with Gasteiger partial charge in [-0.1, -0.05) is 43.0 Å². The van der Waals surface area contributed by atoms with Gasteiger partial charge in [-0.3, -0.25) is 9.59 Å². The zero-order valence-corrected chi connectivity index (χ0v) is 19.2. The molecule has 0 spiro atoms. The van der Waals surface area contributed by atoms with E-state index in [9.17, 15) is 23.2 Å². The summed E-state index contributed by atoms with van der Waals surface area (Å²) < 4.78 is 38.0. The number of nitrogens with one attached hydrogen (secondary N) is 1. The quantitative estimate of drug-likeness (QED) is 0.259. The van der Waals surface area contributed by atoms with Crippen LogP contribution in [0.4, 0.5) is 13.9 Å². The van der Waals surface area contributed by atoms with Crippen LogP contribution in [-0.4, -0.2) is 22.1 Å². The number of halogens is 2. The number of carbonyl (C=O) groups excluding carboxylic acids is 2. The van der Waals surface area contributed by atoms with Crippen LogP contribution in [0.15, 0.2) is 44.1 Å². The summed E-state index contributed by atoms with van der Waals surface area (Å²) in [6, 6.07) is 4.01. The topological polar surface area (TPSA) is 111 Å².